The van der Waals surface area contributed by atoms with Crippen molar-refractivity contribution in [3.05, 3.63) is 65.5 Å². The van der Waals surface area contributed by atoms with Crippen molar-refractivity contribution < 1.29 is 18.7 Å². The number of carbonyl (C=O) groups excluding carboxylic acids is 2. The highest BCUT2D eigenvalue weighted by Gasteiger charge is 2.46. The van der Waals surface area contributed by atoms with E-state index in [2.05, 4.69) is 10.6 Å². The van der Waals surface area contributed by atoms with Gasteiger partial charge in [-0.05, 0) is 30.2 Å². The number of halogens is 1. The molecule has 2 N–H and O–H groups in total. The van der Waals surface area contributed by atoms with Gasteiger partial charge in [-0.2, -0.15) is 0 Å². The van der Waals surface area contributed by atoms with Gasteiger partial charge in [0.2, 0.25) is 11.8 Å². The maximum Gasteiger partial charge on any atom is 0.246 e. The minimum Gasteiger partial charge on any atom is -0.497 e. The third kappa shape index (κ3) is 4.10. The summed E-state index contributed by atoms with van der Waals surface area (Å²) >= 11 is 0. The minimum absolute atomic E-state index is 0.0472. The number of rotatable bonds is 6. The Hall–Kier alpha value is -2.93. The Balaban J connectivity index is 1.39. The lowest BCUT2D eigenvalue weighted by Crippen LogP contribution is -2.61. The molecule has 0 aliphatic carbocycles. The van der Waals surface area contributed by atoms with Crippen LogP contribution in [0.25, 0.3) is 0 Å². The van der Waals surface area contributed by atoms with Crippen molar-refractivity contribution >= 4 is 11.8 Å². The number of amides is 2. The Morgan fingerprint density at radius 2 is 1.93 bits per heavy atom. The molecule has 2 amide bonds. The van der Waals surface area contributed by atoms with Gasteiger partial charge in [0.05, 0.1) is 7.11 Å². The van der Waals surface area contributed by atoms with E-state index in [4.69, 9.17) is 4.74 Å². The first-order chi connectivity index (χ1) is 14.0. The van der Waals surface area contributed by atoms with Crippen LogP contribution >= 0.6 is 0 Å². The van der Waals surface area contributed by atoms with Crippen molar-refractivity contribution in [1.82, 2.24) is 15.5 Å². The molecule has 6 nitrogen and oxygen atoms in total. The van der Waals surface area contributed by atoms with Crippen LogP contribution in [0.1, 0.15) is 17.5 Å². The van der Waals surface area contributed by atoms with Crippen LogP contribution in [-0.4, -0.2) is 48.5 Å². The highest BCUT2D eigenvalue weighted by Crippen LogP contribution is 2.24. The van der Waals surface area contributed by atoms with E-state index in [-0.39, 0.29) is 23.7 Å². The normalized spacial score (nSPS) is 23.7. The van der Waals surface area contributed by atoms with E-state index in [1.165, 1.54) is 6.07 Å². The van der Waals surface area contributed by atoms with Crippen LogP contribution in [-0.2, 0) is 22.6 Å². The molecule has 152 valence electrons. The predicted molar refractivity (Wildman–Crippen MR) is 106 cm³/mol. The Bertz CT molecular complexity index is 902. The first kappa shape index (κ1) is 19.4. The van der Waals surface area contributed by atoms with Crippen molar-refractivity contribution in [2.75, 3.05) is 13.7 Å². The lowest BCUT2D eigenvalue weighted by molar-refractivity contribution is -0.147. The molecule has 2 saturated heterocycles. The number of ether oxygens (including phenoxy) is 1. The zero-order chi connectivity index (χ0) is 20.4. The van der Waals surface area contributed by atoms with E-state index in [0.29, 0.717) is 31.5 Å². The second-order valence-corrected chi connectivity index (χ2v) is 7.52. The van der Waals surface area contributed by atoms with Gasteiger partial charge in [0.1, 0.15) is 23.7 Å². The molecule has 29 heavy (non-hydrogen) atoms. The third-order valence-corrected chi connectivity index (χ3v) is 5.64. The topological polar surface area (TPSA) is 70.7 Å². The lowest BCUT2D eigenvalue weighted by atomic mass is 10.0. The third-order valence-electron chi connectivity index (χ3n) is 5.64. The van der Waals surface area contributed by atoms with Crippen LogP contribution < -0.4 is 15.4 Å². The summed E-state index contributed by atoms with van der Waals surface area (Å²) in [6.45, 7) is 0.813. The molecule has 2 aromatic carbocycles. The molecular weight excluding hydrogens is 373 g/mol. The molecule has 2 aliphatic heterocycles. The van der Waals surface area contributed by atoms with E-state index >= 15 is 0 Å². The number of nitrogens with zero attached hydrogens (tertiary/aromatic N) is 1. The first-order valence-corrected chi connectivity index (χ1v) is 9.75. The smallest absolute Gasteiger partial charge is 0.246 e. The van der Waals surface area contributed by atoms with Gasteiger partial charge in [0, 0.05) is 31.1 Å². The molecule has 2 aliphatic rings. The van der Waals surface area contributed by atoms with E-state index < -0.39 is 12.1 Å². The monoisotopic (exact) mass is 397 g/mol. The van der Waals surface area contributed by atoms with Gasteiger partial charge in [-0.1, -0.05) is 30.3 Å². The fourth-order valence-electron chi connectivity index (χ4n) is 4.04. The Kier molecular flexibility index (Phi) is 5.49. The van der Waals surface area contributed by atoms with E-state index in [1.54, 1.807) is 30.2 Å². The van der Waals surface area contributed by atoms with Gasteiger partial charge in [-0.3, -0.25) is 9.59 Å². The van der Waals surface area contributed by atoms with Gasteiger partial charge in [0.25, 0.3) is 0 Å². The standard InChI is InChI=1S/C22H24FN3O3/c1-29-17-8-6-14(7-9-17)10-19-22(28)26-13-16(11-20(26)21(27)25-19)24-12-15-4-2-3-5-18(15)23/h2-9,16,19-20,24H,10-13H2,1H3,(H,25,27)/t16-,19-,20-/m0/s1. The highest BCUT2D eigenvalue weighted by atomic mass is 19.1. The maximum atomic E-state index is 13.8. The van der Waals surface area contributed by atoms with Crippen molar-refractivity contribution in [3.63, 3.8) is 0 Å². The van der Waals surface area contributed by atoms with Gasteiger partial charge >= 0.3 is 0 Å². The zero-order valence-electron chi connectivity index (χ0n) is 16.2. The largest absolute Gasteiger partial charge is 0.497 e. The Labute approximate surface area is 169 Å². The molecule has 2 fully saturated rings. The number of hydrogen-bond acceptors (Lipinski definition) is 4. The first-order valence-electron chi connectivity index (χ1n) is 9.75. The van der Waals surface area contributed by atoms with Crippen molar-refractivity contribution in [2.24, 2.45) is 0 Å². The molecule has 3 atom stereocenters. The SMILES string of the molecule is COc1ccc(C[C@@H]2NC(=O)[C@@H]3C[C@H](NCc4ccccc4F)CN3C2=O)cc1. The summed E-state index contributed by atoms with van der Waals surface area (Å²) in [5.41, 5.74) is 1.53. The van der Waals surface area contributed by atoms with Gasteiger partial charge in [0.15, 0.2) is 0 Å². The highest BCUT2D eigenvalue weighted by molar-refractivity contribution is 5.97. The van der Waals surface area contributed by atoms with Crippen molar-refractivity contribution in [3.8, 4) is 5.75 Å². The molecule has 0 bridgehead atoms. The van der Waals surface area contributed by atoms with Crippen LogP contribution in [0.3, 0.4) is 0 Å². The number of piperazine rings is 1. The minimum atomic E-state index is -0.572. The van der Waals surface area contributed by atoms with E-state index in [0.717, 1.165) is 11.3 Å². The summed E-state index contributed by atoms with van der Waals surface area (Å²) in [6.07, 6.45) is 0.965. The summed E-state index contributed by atoms with van der Waals surface area (Å²) in [4.78, 5) is 27.2. The summed E-state index contributed by atoms with van der Waals surface area (Å²) in [6, 6.07) is 13.0. The molecule has 4 rings (SSSR count). The number of benzene rings is 2. The number of fused-ring (bicyclic) bond motifs is 1. The van der Waals surface area contributed by atoms with Crippen molar-refractivity contribution in [1.29, 1.82) is 0 Å². The lowest BCUT2D eigenvalue weighted by Gasteiger charge is -2.34. The maximum absolute atomic E-state index is 13.8. The van der Waals surface area contributed by atoms with Gasteiger partial charge < -0.3 is 20.3 Å². The molecule has 0 aromatic heterocycles. The zero-order valence-corrected chi connectivity index (χ0v) is 16.2. The van der Waals surface area contributed by atoms with Gasteiger partial charge in [-0.15, -0.1) is 0 Å². The molecule has 0 saturated carbocycles. The molecule has 2 aromatic rings. The van der Waals surface area contributed by atoms with Crippen LogP contribution in [0.2, 0.25) is 0 Å². The molecule has 2 heterocycles. The second-order valence-electron chi connectivity index (χ2n) is 7.52. The molecule has 7 heteroatoms. The number of methoxy groups -OCH3 is 1. The average Bonchev–Trinajstić information content (AvgIpc) is 3.17. The molecular formula is C22H24FN3O3. The van der Waals surface area contributed by atoms with Gasteiger partial charge in [-0.25, -0.2) is 4.39 Å². The fraction of sp³-hybridized carbons (Fsp3) is 0.364. The Morgan fingerprint density at radius 1 is 1.17 bits per heavy atom. The summed E-state index contributed by atoms with van der Waals surface area (Å²) < 4.78 is 19.0. The van der Waals surface area contributed by atoms with Crippen LogP contribution in [0.15, 0.2) is 48.5 Å². The molecule has 0 radical (unpaired) electrons. The second kappa shape index (κ2) is 8.21. The summed E-state index contributed by atoms with van der Waals surface area (Å²) in [5, 5.41) is 6.15. The fourth-order valence-corrected chi connectivity index (χ4v) is 4.04. The van der Waals surface area contributed by atoms with E-state index in [1.807, 2.05) is 24.3 Å². The summed E-state index contributed by atoms with van der Waals surface area (Å²) in [5.74, 6) is 0.291. The number of hydrogen-bond donors (Lipinski definition) is 2. The van der Waals surface area contributed by atoms with Crippen LogP contribution in [0.4, 0.5) is 4.39 Å². The number of carbonyl (C=O) groups is 2. The van der Waals surface area contributed by atoms with Crippen molar-refractivity contribution in [2.45, 2.75) is 37.5 Å². The summed E-state index contributed by atoms with van der Waals surface area (Å²) in [7, 11) is 1.60. The quantitative estimate of drug-likeness (QED) is 0.778. The average molecular weight is 397 g/mol. The van der Waals surface area contributed by atoms with Crippen LogP contribution in [0.5, 0.6) is 5.75 Å². The molecule has 0 spiro atoms. The van der Waals surface area contributed by atoms with E-state index in [9.17, 15) is 14.0 Å². The predicted octanol–water partition coefficient (Wildman–Crippen LogP) is 1.63. The van der Waals surface area contributed by atoms with Crippen LogP contribution in [0, 0.1) is 5.82 Å². The Morgan fingerprint density at radius 3 is 2.66 bits per heavy atom. The number of nitrogens with one attached hydrogen (secondary N) is 2. The molecule has 0 unspecified atom stereocenters.